The SMILES string of the molecule is [CH2]COC(=O)c1ccc(CN2CCOCC2)cc1. The third kappa shape index (κ3) is 3.55. The van der Waals surface area contributed by atoms with Crippen LogP contribution in [0.5, 0.6) is 0 Å². The summed E-state index contributed by atoms with van der Waals surface area (Å²) in [6, 6.07) is 7.53. The highest BCUT2D eigenvalue weighted by molar-refractivity contribution is 5.89. The van der Waals surface area contributed by atoms with E-state index in [1.54, 1.807) is 12.1 Å². The van der Waals surface area contributed by atoms with Crippen LogP contribution in [-0.2, 0) is 16.0 Å². The Balaban J connectivity index is 1.92. The second kappa shape index (κ2) is 6.52. The van der Waals surface area contributed by atoms with E-state index in [-0.39, 0.29) is 12.6 Å². The highest BCUT2D eigenvalue weighted by Crippen LogP contribution is 2.10. The number of morpholine rings is 1. The Morgan fingerprint density at radius 1 is 1.28 bits per heavy atom. The predicted molar refractivity (Wildman–Crippen MR) is 68.2 cm³/mol. The first kappa shape index (κ1) is 13.1. The molecular formula is C14H18NO3. The van der Waals surface area contributed by atoms with Crippen molar-refractivity contribution in [3.63, 3.8) is 0 Å². The molecule has 0 saturated carbocycles. The largest absolute Gasteiger partial charge is 0.462 e. The Bertz CT molecular complexity index is 383. The standard InChI is InChI=1S/C14H18NO3/c1-2-18-14(16)13-5-3-12(4-6-13)11-15-7-9-17-10-8-15/h3-6H,1-2,7-11H2. The van der Waals surface area contributed by atoms with E-state index in [4.69, 9.17) is 9.47 Å². The zero-order valence-electron chi connectivity index (χ0n) is 10.4. The molecule has 0 aliphatic carbocycles. The zero-order valence-corrected chi connectivity index (χ0v) is 10.4. The maximum atomic E-state index is 11.5. The number of hydrogen-bond acceptors (Lipinski definition) is 4. The highest BCUT2D eigenvalue weighted by atomic mass is 16.5. The van der Waals surface area contributed by atoms with Gasteiger partial charge >= 0.3 is 5.97 Å². The molecule has 1 radical (unpaired) electrons. The number of hydrogen-bond donors (Lipinski definition) is 0. The molecule has 97 valence electrons. The van der Waals surface area contributed by atoms with E-state index in [0.717, 1.165) is 32.8 Å². The third-order valence-electron chi connectivity index (χ3n) is 2.93. The van der Waals surface area contributed by atoms with Crippen molar-refractivity contribution in [1.29, 1.82) is 0 Å². The van der Waals surface area contributed by atoms with Gasteiger partial charge in [0.1, 0.15) is 0 Å². The van der Waals surface area contributed by atoms with E-state index in [1.165, 1.54) is 5.56 Å². The summed E-state index contributed by atoms with van der Waals surface area (Å²) in [4.78, 5) is 13.8. The first-order valence-electron chi connectivity index (χ1n) is 6.15. The van der Waals surface area contributed by atoms with E-state index < -0.39 is 0 Å². The van der Waals surface area contributed by atoms with Gasteiger partial charge in [-0.1, -0.05) is 12.1 Å². The fourth-order valence-corrected chi connectivity index (χ4v) is 1.94. The molecule has 1 heterocycles. The minimum Gasteiger partial charge on any atom is -0.462 e. The molecule has 0 spiro atoms. The van der Waals surface area contributed by atoms with Crippen molar-refractivity contribution in [3.05, 3.63) is 42.3 Å². The topological polar surface area (TPSA) is 38.8 Å². The number of nitrogens with zero attached hydrogens (tertiary/aromatic N) is 1. The number of esters is 1. The molecule has 0 amide bonds. The zero-order chi connectivity index (χ0) is 12.8. The van der Waals surface area contributed by atoms with Crippen LogP contribution in [0.3, 0.4) is 0 Å². The molecule has 4 heteroatoms. The number of ether oxygens (including phenoxy) is 2. The summed E-state index contributed by atoms with van der Waals surface area (Å²) >= 11 is 0. The second-order valence-electron chi connectivity index (χ2n) is 4.22. The van der Waals surface area contributed by atoms with Crippen LogP contribution in [0.1, 0.15) is 15.9 Å². The predicted octanol–water partition coefficient (Wildman–Crippen LogP) is 1.51. The quantitative estimate of drug-likeness (QED) is 0.757. The fourth-order valence-electron chi connectivity index (χ4n) is 1.94. The van der Waals surface area contributed by atoms with Crippen molar-refractivity contribution in [2.45, 2.75) is 6.54 Å². The van der Waals surface area contributed by atoms with Gasteiger partial charge in [0, 0.05) is 19.6 Å². The Morgan fingerprint density at radius 3 is 2.56 bits per heavy atom. The molecule has 0 bridgehead atoms. The van der Waals surface area contributed by atoms with Crippen molar-refractivity contribution in [2.75, 3.05) is 32.9 Å². The molecule has 1 aliphatic heterocycles. The number of carbonyl (C=O) groups excluding carboxylic acids is 1. The smallest absolute Gasteiger partial charge is 0.338 e. The van der Waals surface area contributed by atoms with Gasteiger partial charge in [0.2, 0.25) is 0 Å². The summed E-state index contributed by atoms with van der Waals surface area (Å²) in [6.45, 7) is 8.07. The summed E-state index contributed by atoms with van der Waals surface area (Å²) in [5, 5.41) is 0. The van der Waals surface area contributed by atoms with Gasteiger partial charge in [0.25, 0.3) is 0 Å². The monoisotopic (exact) mass is 248 g/mol. The molecule has 0 atom stereocenters. The van der Waals surface area contributed by atoms with Gasteiger partial charge in [0.15, 0.2) is 0 Å². The average Bonchev–Trinajstić information content (AvgIpc) is 2.41. The summed E-state index contributed by atoms with van der Waals surface area (Å²) < 4.78 is 10.1. The number of carbonyl (C=O) groups is 1. The highest BCUT2D eigenvalue weighted by Gasteiger charge is 2.11. The molecule has 18 heavy (non-hydrogen) atoms. The number of rotatable bonds is 4. The van der Waals surface area contributed by atoms with Gasteiger partial charge in [-0.05, 0) is 24.6 Å². The molecular weight excluding hydrogens is 230 g/mol. The van der Waals surface area contributed by atoms with Crippen molar-refractivity contribution in [3.8, 4) is 0 Å². The molecule has 1 fully saturated rings. The maximum absolute atomic E-state index is 11.5. The van der Waals surface area contributed by atoms with Crippen LogP contribution in [0, 0.1) is 6.92 Å². The van der Waals surface area contributed by atoms with Crippen LogP contribution in [0.2, 0.25) is 0 Å². The second-order valence-corrected chi connectivity index (χ2v) is 4.22. The summed E-state index contributed by atoms with van der Waals surface area (Å²) in [5.74, 6) is -0.317. The van der Waals surface area contributed by atoms with Gasteiger partial charge in [0.05, 0.1) is 25.4 Å². The van der Waals surface area contributed by atoms with E-state index >= 15 is 0 Å². The molecule has 2 rings (SSSR count). The van der Waals surface area contributed by atoms with Crippen molar-refractivity contribution >= 4 is 5.97 Å². The van der Waals surface area contributed by atoms with E-state index in [2.05, 4.69) is 11.8 Å². The molecule has 0 N–H and O–H groups in total. The normalized spacial score (nSPS) is 16.5. The first-order valence-corrected chi connectivity index (χ1v) is 6.15. The molecule has 0 unspecified atom stereocenters. The third-order valence-corrected chi connectivity index (χ3v) is 2.93. The lowest BCUT2D eigenvalue weighted by atomic mass is 10.1. The molecule has 1 aliphatic rings. The lowest BCUT2D eigenvalue weighted by Crippen LogP contribution is -2.35. The lowest BCUT2D eigenvalue weighted by molar-refractivity contribution is 0.0342. The number of benzene rings is 1. The Kier molecular flexibility index (Phi) is 4.73. The van der Waals surface area contributed by atoms with Gasteiger partial charge in [-0.3, -0.25) is 4.90 Å². The van der Waals surface area contributed by atoms with Gasteiger partial charge < -0.3 is 9.47 Å². The minimum atomic E-state index is -0.317. The van der Waals surface area contributed by atoms with Crippen LogP contribution >= 0.6 is 0 Å². The summed E-state index contributed by atoms with van der Waals surface area (Å²) in [5.41, 5.74) is 1.77. The molecule has 4 nitrogen and oxygen atoms in total. The van der Waals surface area contributed by atoms with Crippen LogP contribution in [0.25, 0.3) is 0 Å². The van der Waals surface area contributed by atoms with Crippen LogP contribution in [0.4, 0.5) is 0 Å². The Morgan fingerprint density at radius 2 is 1.94 bits per heavy atom. The van der Waals surface area contributed by atoms with E-state index in [9.17, 15) is 4.79 Å². The molecule has 1 saturated heterocycles. The first-order chi connectivity index (χ1) is 8.79. The van der Waals surface area contributed by atoms with Crippen molar-refractivity contribution in [1.82, 2.24) is 4.90 Å². The Hall–Kier alpha value is -1.39. The van der Waals surface area contributed by atoms with Crippen molar-refractivity contribution in [2.24, 2.45) is 0 Å². The lowest BCUT2D eigenvalue weighted by Gasteiger charge is -2.26. The Labute approximate surface area is 107 Å². The molecule has 1 aromatic carbocycles. The minimum absolute atomic E-state index is 0.161. The average molecular weight is 248 g/mol. The van der Waals surface area contributed by atoms with Crippen LogP contribution in [0.15, 0.2) is 24.3 Å². The van der Waals surface area contributed by atoms with E-state index in [0.29, 0.717) is 5.56 Å². The van der Waals surface area contributed by atoms with Gasteiger partial charge in [-0.2, -0.15) is 0 Å². The fraction of sp³-hybridized carbons (Fsp3) is 0.429. The van der Waals surface area contributed by atoms with Crippen molar-refractivity contribution < 1.29 is 14.3 Å². The van der Waals surface area contributed by atoms with Crippen LogP contribution in [-0.4, -0.2) is 43.8 Å². The van der Waals surface area contributed by atoms with Gasteiger partial charge in [-0.15, -0.1) is 0 Å². The summed E-state index contributed by atoms with van der Waals surface area (Å²) in [7, 11) is 0. The van der Waals surface area contributed by atoms with E-state index in [1.807, 2.05) is 12.1 Å². The molecule has 1 aromatic rings. The van der Waals surface area contributed by atoms with Crippen LogP contribution < -0.4 is 0 Å². The maximum Gasteiger partial charge on any atom is 0.338 e. The van der Waals surface area contributed by atoms with Gasteiger partial charge in [-0.25, -0.2) is 4.79 Å². The summed E-state index contributed by atoms with van der Waals surface area (Å²) in [6.07, 6.45) is 0. The molecule has 0 aromatic heterocycles.